The third-order valence-electron chi connectivity index (χ3n) is 5.47. The fraction of sp³-hybridized carbons (Fsp3) is 0.652. The molecule has 0 heterocycles. The number of allylic oxidation sites excluding steroid dienone is 1. The lowest BCUT2D eigenvalue weighted by Gasteiger charge is -2.36. The minimum atomic E-state index is -1.78. The first-order valence-corrected chi connectivity index (χ1v) is 14.4. The molecule has 1 aromatic carbocycles. The van der Waals surface area contributed by atoms with Crippen LogP contribution in [0.5, 0.6) is 0 Å². The second-order valence-corrected chi connectivity index (χ2v) is 16.9. The Balaban J connectivity index is 2.95. The van der Waals surface area contributed by atoms with Crippen LogP contribution in [0.4, 0.5) is 0 Å². The lowest BCUT2D eigenvalue weighted by atomic mass is 10.00. The van der Waals surface area contributed by atoms with Gasteiger partial charge in [0.1, 0.15) is 4.75 Å². The summed E-state index contributed by atoms with van der Waals surface area (Å²) in [5, 5.41) is 0.197. The number of rotatable bonds is 10. The van der Waals surface area contributed by atoms with Gasteiger partial charge < -0.3 is 8.98 Å². The van der Waals surface area contributed by atoms with Crippen LogP contribution >= 0.6 is 0 Å². The summed E-state index contributed by atoms with van der Waals surface area (Å²) in [7, 11) is -1.78. The smallest absolute Gasteiger partial charge is 0.192 e. The van der Waals surface area contributed by atoms with E-state index in [1.54, 1.807) is 0 Å². The molecule has 0 aliphatic carbocycles. The van der Waals surface area contributed by atoms with Gasteiger partial charge in [0.25, 0.3) is 0 Å². The Morgan fingerprint density at radius 3 is 2.39 bits per heavy atom. The molecule has 0 fully saturated rings. The van der Waals surface area contributed by atoms with Crippen LogP contribution in [-0.2, 0) is 22.4 Å². The fourth-order valence-corrected chi connectivity index (χ4v) is 4.27. The van der Waals surface area contributed by atoms with Crippen molar-refractivity contribution >= 4 is 19.7 Å². The summed E-state index contributed by atoms with van der Waals surface area (Å²) in [6.07, 6.45) is 4.86. The highest BCUT2D eigenvalue weighted by atomic mass is 32.2. The molecule has 1 aromatic rings. The molecule has 0 aliphatic heterocycles. The first kappa shape index (κ1) is 25.4. The molecule has 0 aliphatic rings. The molecule has 1 rings (SSSR count). The van der Waals surface area contributed by atoms with Crippen molar-refractivity contribution in [3.8, 4) is 0 Å². The van der Waals surface area contributed by atoms with E-state index < -0.39 is 19.7 Å². The molecule has 1 unspecified atom stereocenters. The Morgan fingerprint density at radius 2 is 1.86 bits per heavy atom. The van der Waals surface area contributed by atoms with Gasteiger partial charge in [0.15, 0.2) is 8.32 Å². The third-order valence-corrected chi connectivity index (χ3v) is 11.6. The molecule has 0 bridgehead atoms. The molecular formula is C23H41NO2SSi. The lowest BCUT2D eigenvalue weighted by molar-refractivity contribution is 0.276. The number of unbranched alkanes of at least 4 members (excludes halogenated alkanes) is 1. The minimum absolute atomic E-state index is 0.0628. The van der Waals surface area contributed by atoms with Crippen molar-refractivity contribution in [3.63, 3.8) is 0 Å². The van der Waals surface area contributed by atoms with Gasteiger partial charge in [-0.05, 0) is 69.3 Å². The molecule has 28 heavy (non-hydrogen) atoms. The maximum atomic E-state index is 12.7. The Labute approximate surface area is 177 Å². The molecule has 0 radical (unpaired) electrons. The zero-order chi connectivity index (χ0) is 21.6. The van der Waals surface area contributed by atoms with Crippen molar-refractivity contribution in [2.75, 3.05) is 0 Å². The number of hydrogen-bond donors (Lipinski definition) is 1. The summed E-state index contributed by atoms with van der Waals surface area (Å²) in [5.41, 5.74) is 2.36. The van der Waals surface area contributed by atoms with Crippen LogP contribution in [0, 0.1) is 0 Å². The Hall–Kier alpha value is -0.593. The number of nitrogens with one attached hydrogen (secondary N) is 1. The van der Waals surface area contributed by atoms with E-state index in [0.29, 0.717) is 6.61 Å². The first-order valence-electron chi connectivity index (χ1n) is 10.3. The van der Waals surface area contributed by atoms with E-state index in [2.05, 4.69) is 69.4 Å². The zero-order valence-electron chi connectivity index (χ0n) is 19.2. The van der Waals surface area contributed by atoms with Crippen LogP contribution < -0.4 is 4.72 Å². The summed E-state index contributed by atoms with van der Waals surface area (Å²) in [6, 6.07) is 8.60. The van der Waals surface area contributed by atoms with E-state index in [0.717, 1.165) is 19.3 Å². The highest BCUT2D eigenvalue weighted by Crippen LogP contribution is 2.37. The standard InChI is InChI=1S/C23H41NO2SSi/c1-10-11-12-16-21(24-27(25)22(2,3)4)20-15-13-14-19(17-20)18-26-28(8,9)23(5,6)7/h10,13-15,17,21,24H,1,11-12,16,18H2,2-9H3/t21-,27?/m0/s1. The Bertz CT molecular complexity index is 620. The van der Waals surface area contributed by atoms with Crippen molar-refractivity contribution < 1.29 is 8.98 Å². The van der Waals surface area contributed by atoms with Gasteiger partial charge in [0.2, 0.25) is 0 Å². The van der Waals surface area contributed by atoms with Gasteiger partial charge in [-0.15, -0.1) is 11.3 Å². The average molecular weight is 424 g/mol. The van der Waals surface area contributed by atoms with Crippen LogP contribution in [0.25, 0.3) is 0 Å². The maximum absolute atomic E-state index is 12.7. The topological polar surface area (TPSA) is 44.3 Å². The minimum Gasteiger partial charge on any atom is -0.598 e. The van der Waals surface area contributed by atoms with Gasteiger partial charge in [-0.1, -0.05) is 51.1 Å². The van der Waals surface area contributed by atoms with Gasteiger partial charge in [0.05, 0.1) is 12.6 Å². The molecule has 0 amide bonds. The van der Waals surface area contributed by atoms with E-state index in [1.807, 2.05) is 26.8 Å². The maximum Gasteiger partial charge on any atom is 0.192 e. The van der Waals surface area contributed by atoms with Crippen LogP contribution in [0.2, 0.25) is 18.1 Å². The van der Waals surface area contributed by atoms with Crippen molar-refractivity contribution in [3.05, 3.63) is 48.0 Å². The van der Waals surface area contributed by atoms with Crippen LogP contribution in [0.3, 0.4) is 0 Å². The molecule has 0 aromatic heterocycles. The Morgan fingerprint density at radius 1 is 1.21 bits per heavy atom. The quantitative estimate of drug-likeness (QED) is 0.198. The van der Waals surface area contributed by atoms with Crippen molar-refractivity contribution in [2.45, 2.75) is 96.3 Å². The van der Waals surface area contributed by atoms with Crippen molar-refractivity contribution in [2.24, 2.45) is 0 Å². The van der Waals surface area contributed by atoms with E-state index in [4.69, 9.17) is 4.43 Å². The third kappa shape index (κ3) is 8.03. The molecule has 0 spiro atoms. The summed E-state index contributed by atoms with van der Waals surface area (Å²) < 4.78 is 22.2. The summed E-state index contributed by atoms with van der Waals surface area (Å²) >= 11 is -1.11. The molecule has 1 N–H and O–H groups in total. The largest absolute Gasteiger partial charge is 0.598 e. The van der Waals surface area contributed by atoms with E-state index in [1.165, 1.54) is 11.1 Å². The highest BCUT2D eigenvalue weighted by molar-refractivity contribution is 7.90. The molecule has 3 nitrogen and oxygen atoms in total. The van der Waals surface area contributed by atoms with Gasteiger partial charge in [-0.2, -0.15) is 0 Å². The van der Waals surface area contributed by atoms with Gasteiger partial charge in [-0.3, -0.25) is 0 Å². The van der Waals surface area contributed by atoms with Gasteiger partial charge in [-0.25, -0.2) is 0 Å². The molecule has 5 heteroatoms. The molecule has 0 saturated carbocycles. The van der Waals surface area contributed by atoms with Gasteiger partial charge >= 0.3 is 0 Å². The Kier molecular flexibility index (Phi) is 9.49. The predicted molar refractivity (Wildman–Crippen MR) is 126 cm³/mol. The summed E-state index contributed by atoms with van der Waals surface area (Å²) in [6.45, 7) is 21.8. The summed E-state index contributed by atoms with van der Waals surface area (Å²) in [5.74, 6) is 0. The molecule has 2 atom stereocenters. The van der Waals surface area contributed by atoms with Gasteiger partial charge in [0, 0.05) is 11.4 Å². The van der Waals surface area contributed by atoms with Crippen LogP contribution in [0.1, 0.15) is 78.0 Å². The first-order chi connectivity index (χ1) is 12.8. The van der Waals surface area contributed by atoms with E-state index in [9.17, 15) is 4.55 Å². The average Bonchev–Trinajstić information content (AvgIpc) is 2.57. The number of hydrogen-bond acceptors (Lipinski definition) is 3. The number of benzene rings is 1. The molecular weight excluding hydrogens is 382 g/mol. The molecule has 0 saturated heterocycles. The van der Waals surface area contributed by atoms with E-state index in [-0.39, 0.29) is 15.8 Å². The second-order valence-electron chi connectivity index (χ2n) is 10.1. The second kappa shape index (κ2) is 10.4. The van der Waals surface area contributed by atoms with E-state index >= 15 is 0 Å². The SMILES string of the molecule is C=CCCC[C@H](N[S+]([O-])C(C)(C)C)c1cccc(CO[Si](C)(C)C(C)(C)C)c1. The van der Waals surface area contributed by atoms with Crippen molar-refractivity contribution in [1.82, 2.24) is 4.72 Å². The van der Waals surface area contributed by atoms with Crippen molar-refractivity contribution in [1.29, 1.82) is 0 Å². The zero-order valence-corrected chi connectivity index (χ0v) is 21.0. The molecule has 160 valence electrons. The van der Waals surface area contributed by atoms with Crippen LogP contribution in [0.15, 0.2) is 36.9 Å². The fourth-order valence-electron chi connectivity index (χ4n) is 2.45. The lowest BCUT2D eigenvalue weighted by Crippen LogP contribution is -2.41. The normalized spacial score (nSPS) is 15.3. The monoisotopic (exact) mass is 423 g/mol. The highest BCUT2D eigenvalue weighted by Gasteiger charge is 2.37. The van der Waals surface area contributed by atoms with Crippen LogP contribution in [-0.4, -0.2) is 17.6 Å². The summed E-state index contributed by atoms with van der Waals surface area (Å²) in [4.78, 5) is 0. The predicted octanol–water partition coefficient (Wildman–Crippen LogP) is 6.66.